The summed E-state index contributed by atoms with van der Waals surface area (Å²) in [4.78, 5) is 24.4. The molecule has 0 bridgehead atoms. The summed E-state index contributed by atoms with van der Waals surface area (Å²) in [5.74, 6) is -0.683. The summed E-state index contributed by atoms with van der Waals surface area (Å²) in [6.07, 6.45) is -0.595. The molecule has 1 aromatic heterocycles. The zero-order valence-corrected chi connectivity index (χ0v) is 14.2. The second-order valence-electron chi connectivity index (χ2n) is 5.81. The van der Waals surface area contributed by atoms with Crippen LogP contribution in [0.5, 0.6) is 5.75 Å². The maximum absolute atomic E-state index is 12.5. The highest BCUT2D eigenvalue weighted by Gasteiger charge is 2.31. The highest BCUT2D eigenvalue weighted by Crippen LogP contribution is 2.27. The largest absolute Gasteiger partial charge is 0.573 e. The number of hydrogen-bond donors (Lipinski definition) is 0. The number of pyridine rings is 1. The molecule has 27 heavy (non-hydrogen) atoms. The first kappa shape index (κ1) is 18.4. The summed E-state index contributed by atoms with van der Waals surface area (Å²) in [7, 11) is 0. The predicted molar refractivity (Wildman–Crippen MR) is 95.7 cm³/mol. The van der Waals surface area contributed by atoms with Crippen LogP contribution in [0.25, 0.3) is 17.0 Å². The second kappa shape index (κ2) is 7.11. The van der Waals surface area contributed by atoms with Crippen molar-refractivity contribution in [2.75, 3.05) is 0 Å². The Balaban J connectivity index is 1.87. The number of benzene rings is 2. The third-order valence-corrected chi connectivity index (χ3v) is 3.88. The number of allylic oxidation sites excluding steroid dienone is 1. The van der Waals surface area contributed by atoms with Crippen molar-refractivity contribution in [2.45, 2.75) is 13.3 Å². The Morgan fingerprint density at radius 2 is 1.85 bits per heavy atom. The number of aromatic nitrogens is 1. The van der Waals surface area contributed by atoms with Gasteiger partial charge in [-0.2, -0.15) is 0 Å². The van der Waals surface area contributed by atoms with Crippen molar-refractivity contribution in [3.8, 4) is 5.75 Å². The zero-order chi connectivity index (χ0) is 19.6. The maximum atomic E-state index is 12.5. The monoisotopic (exact) mass is 373 g/mol. The minimum atomic E-state index is -4.76. The molecule has 3 rings (SSSR count). The highest BCUT2D eigenvalue weighted by atomic mass is 19.4. The van der Waals surface area contributed by atoms with Crippen molar-refractivity contribution in [1.82, 2.24) is 4.57 Å². The number of fused-ring (bicyclic) bond motifs is 1. The molecule has 0 N–H and O–H groups in total. The van der Waals surface area contributed by atoms with Gasteiger partial charge in [-0.1, -0.05) is 18.2 Å². The van der Waals surface area contributed by atoms with Crippen LogP contribution in [0.1, 0.15) is 15.9 Å². The molecule has 0 radical (unpaired) electrons. The van der Waals surface area contributed by atoms with Gasteiger partial charge < -0.3 is 4.74 Å². The van der Waals surface area contributed by atoms with Crippen LogP contribution in [-0.2, 0) is 0 Å². The molecule has 1 heterocycles. The average Bonchev–Trinajstić information content (AvgIpc) is 2.61. The van der Waals surface area contributed by atoms with Crippen molar-refractivity contribution in [3.63, 3.8) is 0 Å². The van der Waals surface area contributed by atoms with Gasteiger partial charge in [0, 0.05) is 23.7 Å². The molecule has 0 fully saturated rings. The number of ether oxygens (including phenoxy) is 1. The fraction of sp³-hybridized carbons (Fsp3) is 0.100. The molecular formula is C20H14F3NO3. The van der Waals surface area contributed by atoms with E-state index in [9.17, 15) is 22.8 Å². The van der Waals surface area contributed by atoms with Crippen molar-refractivity contribution in [2.24, 2.45) is 0 Å². The highest BCUT2D eigenvalue weighted by molar-refractivity contribution is 5.99. The van der Waals surface area contributed by atoms with E-state index in [0.29, 0.717) is 16.5 Å². The van der Waals surface area contributed by atoms with E-state index in [1.807, 2.05) is 0 Å². The lowest BCUT2D eigenvalue weighted by molar-refractivity contribution is -0.274. The molecule has 0 spiro atoms. The van der Waals surface area contributed by atoms with Gasteiger partial charge in [0.15, 0.2) is 5.43 Å². The van der Waals surface area contributed by atoms with Crippen LogP contribution >= 0.6 is 0 Å². The molecule has 0 aliphatic carbocycles. The normalized spacial score (nSPS) is 11.9. The van der Waals surface area contributed by atoms with Gasteiger partial charge >= 0.3 is 6.36 Å². The third-order valence-electron chi connectivity index (χ3n) is 3.88. The fourth-order valence-electron chi connectivity index (χ4n) is 2.66. The topological polar surface area (TPSA) is 48.3 Å². The van der Waals surface area contributed by atoms with E-state index >= 15 is 0 Å². The van der Waals surface area contributed by atoms with Crippen LogP contribution in [0.2, 0.25) is 0 Å². The molecule has 0 amide bonds. The van der Waals surface area contributed by atoms with Gasteiger partial charge in [-0.15, -0.1) is 13.2 Å². The van der Waals surface area contributed by atoms with Gasteiger partial charge in [0.2, 0.25) is 0 Å². The Hall–Kier alpha value is -3.35. The number of para-hydroxylation sites is 1. The minimum Gasteiger partial charge on any atom is -0.406 e. The Bertz CT molecular complexity index is 1100. The first-order valence-electron chi connectivity index (χ1n) is 7.94. The molecule has 2 aromatic carbocycles. The van der Waals surface area contributed by atoms with Crippen LogP contribution in [0, 0.1) is 6.92 Å². The van der Waals surface area contributed by atoms with Crippen molar-refractivity contribution < 1.29 is 22.7 Å². The first-order chi connectivity index (χ1) is 12.7. The SMILES string of the molecule is Cc1cc(/C=C/C(=O)n2ccc(=O)c3ccccc32)ccc1OC(F)(F)F. The fourth-order valence-corrected chi connectivity index (χ4v) is 2.66. The van der Waals surface area contributed by atoms with E-state index in [1.165, 1.54) is 54.1 Å². The lowest BCUT2D eigenvalue weighted by Crippen LogP contribution is -2.17. The Kier molecular flexibility index (Phi) is 4.85. The lowest BCUT2D eigenvalue weighted by Gasteiger charge is -2.11. The van der Waals surface area contributed by atoms with Crippen LogP contribution < -0.4 is 10.2 Å². The van der Waals surface area contributed by atoms with E-state index < -0.39 is 6.36 Å². The van der Waals surface area contributed by atoms with Crippen LogP contribution in [0.3, 0.4) is 0 Å². The zero-order valence-electron chi connectivity index (χ0n) is 14.2. The number of halogens is 3. The van der Waals surface area contributed by atoms with Gasteiger partial charge in [-0.25, -0.2) is 0 Å². The molecule has 7 heteroatoms. The van der Waals surface area contributed by atoms with Gasteiger partial charge in [0.1, 0.15) is 5.75 Å². The molecule has 0 atom stereocenters. The number of carbonyl (C=O) groups is 1. The molecular weight excluding hydrogens is 359 g/mol. The summed E-state index contributed by atoms with van der Waals surface area (Å²) in [5, 5.41) is 0.422. The smallest absolute Gasteiger partial charge is 0.406 e. The van der Waals surface area contributed by atoms with Gasteiger partial charge in [0.05, 0.1) is 5.52 Å². The third kappa shape index (κ3) is 4.25. The van der Waals surface area contributed by atoms with Gasteiger partial charge in [0.25, 0.3) is 5.91 Å². The summed E-state index contributed by atoms with van der Waals surface area (Å²) < 4.78 is 42.2. The molecule has 0 unspecified atom stereocenters. The van der Waals surface area contributed by atoms with E-state index in [2.05, 4.69) is 4.74 Å². The molecule has 3 aromatic rings. The van der Waals surface area contributed by atoms with E-state index in [1.54, 1.807) is 24.3 Å². The van der Waals surface area contributed by atoms with Gasteiger partial charge in [-0.3, -0.25) is 14.2 Å². The quantitative estimate of drug-likeness (QED) is 0.633. The van der Waals surface area contributed by atoms with E-state index in [0.717, 1.165) is 0 Å². The van der Waals surface area contributed by atoms with Crippen molar-refractivity contribution >= 4 is 22.9 Å². The van der Waals surface area contributed by atoms with E-state index in [-0.39, 0.29) is 22.6 Å². The molecule has 0 saturated carbocycles. The molecule has 0 aliphatic heterocycles. The number of aryl methyl sites for hydroxylation is 1. The Morgan fingerprint density at radius 3 is 2.56 bits per heavy atom. The molecule has 138 valence electrons. The summed E-state index contributed by atoms with van der Waals surface area (Å²) >= 11 is 0. The number of nitrogens with zero attached hydrogens (tertiary/aromatic N) is 1. The second-order valence-corrected chi connectivity index (χ2v) is 5.81. The summed E-state index contributed by atoms with van der Waals surface area (Å²) in [5.41, 5.74) is 1.12. The first-order valence-corrected chi connectivity index (χ1v) is 7.94. The van der Waals surface area contributed by atoms with Crippen LogP contribution in [0.4, 0.5) is 13.2 Å². The standard InChI is InChI=1S/C20H14F3NO3/c1-13-12-14(6-8-18(13)27-20(21,22)23)7-9-19(26)24-11-10-17(25)15-4-2-3-5-16(15)24/h2-12H,1H3/b9-7+. The maximum Gasteiger partial charge on any atom is 0.573 e. The number of alkyl halides is 3. The lowest BCUT2D eigenvalue weighted by atomic mass is 10.1. The predicted octanol–water partition coefficient (Wildman–Crippen LogP) is 4.56. The van der Waals surface area contributed by atoms with Crippen molar-refractivity contribution in [3.05, 3.63) is 82.2 Å². The Labute approximate surface area is 152 Å². The number of carbonyl (C=O) groups excluding carboxylic acids is 1. The summed E-state index contributed by atoms with van der Waals surface area (Å²) in [6, 6.07) is 12.1. The average molecular weight is 373 g/mol. The molecule has 4 nitrogen and oxygen atoms in total. The van der Waals surface area contributed by atoms with Gasteiger partial charge in [-0.05, 0) is 48.4 Å². The van der Waals surface area contributed by atoms with Crippen LogP contribution in [0.15, 0.2) is 65.6 Å². The van der Waals surface area contributed by atoms with E-state index in [4.69, 9.17) is 0 Å². The van der Waals surface area contributed by atoms with Crippen LogP contribution in [-0.4, -0.2) is 16.8 Å². The number of hydrogen-bond acceptors (Lipinski definition) is 3. The van der Waals surface area contributed by atoms with Crippen molar-refractivity contribution in [1.29, 1.82) is 0 Å². The minimum absolute atomic E-state index is 0.186. The molecule has 0 saturated heterocycles. The molecule has 0 aliphatic rings. The number of rotatable bonds is 3. The Morgan fingerprint density at radius 1 is 1.11 bits per heavy atom. The summed E-state index contributed by atoms with van der Waals surface area (Å²) in [6.45, 7) is 1.48.